The zero-order valence-electron chi connectivity index (χ0n) is 15.0. The Hall–Kier alpha value is -3.14. The van der Waals surface area contributed by atoms with Gasteiger partial charge in [0.25, 0.3) is 0 Å². The third-order valence-electron chi connectivity index (χ3n) is 5.06. The lowest BCUT2D eigenvalue weighted by molar-refractivity contribution is 0.425. The Labute approximate surface area is 152 Å². The van der Waals surface area contributed by atoms with Crippen LogP contribution in [0.15, 0.2) is 54.6 Å². The number of hydrogen-bond acceptors (Lipinski definition) is 4. The van der Waals surface area contributed by atoms with Crippen LogP contribution in [0.25, 0.3) is 0 Å². The molecule has 0 fully saturated rings. The molecule has 0 saturated heterocycles. The maximum atomic E-state index is 10.6. The van der Waals surface area contributed by atoms with Gasteiger partial charge in [-0.15, -0.1) is 0 Å². The molecule has 26 heavy (non-hydrogen) atoms. The first-order valence-electron chi connectivity index (χ1n) is 8.36. The first kappa shape index (κ1) is 17.7. The minimum atomic E-state index is -0.896. The van der Waals surface area contributed by atoms with E-state index in [9.17, 15) is 20.4 Å². The van der Waals surface area contributed by atoms with Crippen molar-refractivity contribution in [1.29, 1.82) is 0 Å². The second-order valence-electron chi connectivity index (χ2n) is 6.80. The molecule has 3 aromatic carbocycles. The van der Waals surface area contributed by atoms with Crippen molar-refractivity contribution in [2.75, 3.05) is 0 Å². The van der Waals surface area contributed by atoms with Gasteiger partial charge in [-0.2, -0.15) is 0 Å². The predicted molar refractivity (Wildman–Crippen MR) is 101 cm³/mol. The van der Waals surface area contributed by atoms with E-state index in [4.69, 9.17) is 0 Å². The van der Waals surface area contributed by atoms with Gasteiger partial charge in [-0.3, -0.25) is 0 Å². The highest BCUT2D eigenvalue weighted by atomic mass is 16.3. The average Bonchev–Trinajstić information content (AvgIpc) is 2.61. The van der Waals surface area contributed by atoms with Crippen LogP contribution in [-0.2, 0) is 5.41 Å². The summed E-state index contributed by atoms with van der Waals surface area (Å²) in [5.74, 6) is -0.116. The lowest BCUT2D eigenvalue weighted by Crippen LogP contribution is -2.26. The SMILES string of the molecule is Cc1cc(C(C)(c2ccccc2)c2cc(C)c(O)cc2O)c(O)cc1O. The number of hydrogen-bond donors (Lipinski definition) is 4. The summed E-state index contributed by atoms with van der Waals surface area (Å²) in [6, 6.07) is 15.6. The molecule has 0 saturated carbocycles. The van der Waals surface area contributed by atoms with Crippen LogP contribution in [0, 0.1) is 13.8 Å². The lowest BCUT2D eigenvalue weighted by atomic mass is 9.69. The van der Waals surface area contributed by atoms with Gasteiger partial charge in [0.15, 0.2) is 0 Å². The molecule has 0 unspecified atom stereocenters. The molecule has 0 heterocycles. The van der Waals surface area contributed by atoms with Crippen LogP contribution in [0.2, 0.25) is 0 Å². The molecule has 0 aliphatic rings. The van der Waals surface area contributed by atoms with E-state index in [1.54, 1.807) is 26.0 Å². The molecule has 134 valence electrons. The molecule has 4 nitrogen and oxygen atoms in total. The zero-order chi connectivity index (χ0) is 19.1. The topological polar surface area (TPSA) is 80.9 Å². The normalized spacial score (nSPS) is 11.5. The molecule has 0 bridgehead atoms. The molecular formula is C22H22O4. The summed E-state index contributed by atoms with van der Waals surface area (Å²) in [6.07, 6.45) is 0. The van der Waals surface area contributed by atoms with Crippen LogP contribution >= 0.6 is 0 Å². The van der Waals surface area contributed by atoms with Gasteiger partial charge in [0.2, 0.25) is 0 Å². The summed E-state index contributed by atoms with van der Waals surface area (Å²) >= 11 is 0. The van der Waals surface area contributed by atoms with E-state index in [0.717, 1.165) is 5.56 Å². The van der Waals surface area contributed by atoms with E-state index in [2.05, 4.69) is 0 Å². The van der Waals surface area contributed by atoms with Crippen molar-refractivity contribution in [2.45, 2.75) is 26.2 Å². The Kier molecular flexibility index (Phi) is 4.28. The third-order valence-corrected chi connectivity index (χ3v) is 5.06. The smallest absolute Gasteiger partial charge is 0.123 e. The average molecular weight is 350 g/mol. The van der Waals surface area contributed by atoms with Crippen LogP contribution in [0.3, 0.4) is 0 Å². The quantitative estimate of drug-likeness (QED) is 0.525. The van der Waals surface area contributed by atoms with Crippen LogP contribution < -0.4 is 0 Å². The number of rotatable bonds is 3. The molecule has 0 aliphatic carbocycles. The number of aromatic hydroxyl groups is 4. The maximum absolute atomic E-state index is 10.6. The van der Waals surface area contributed by atoms with Crippen LogP contribution in [-0.4, -0.2) is 20.4 Å². The molecule has 0 amide bonds. The van der Waals surface area contributed by atoms with Crippen molar-refractivity contribution in [1.82, 2.24) is 0 Å². The van der Waals surface area contributed by atoms with Crippen molar-refractivity contribution in [3.05, 3.63) is 82.4 Å². The molecule has 4 N–H and O–H groups in total. The molecule has 0 spiro atoms. The van der Waals surface area contributed by atoms with Crippen LogP contribution in [0.1, 0.15) is 34.7 Å². The number of benzene rings is 3. The second kappa shape index (κ2) is 6.30. The molecule has 3 rings (SSSR count). The van der Waals surface area contributed by atoms with Crippen LogP contribution in [0.5, 0.6) is 23.0 Å². The van der Waals surface area contributed by atoms with Gasteiger partial charge in [0.05, 0.1) is 0 Å². The minimum Gasteiger partial charge on any atom is -0.508 e. The molecular weight excluding hydrogens is 328 g/mol. The lowest BCUT2D eigenvalue weighted by Gasteiger charge is -2.33. The van der Waals surface area contributed by atoms with Crippen molar-refractivity contribution >= 4 is 0 Å². The van der Waals surface area contributed by atoms with Gasteiger partial charge < -0.3 is 20.4 Å². The second-order valence-corrected chi connectivity index (χ2v) is 6.80. The summed E-state index contributed by atoms with van der Waals surface area (Å²) in [5, 5.41) is 41.0. The maximum Gasteiger partial charge on any atom is 0.123 e. The van der Waals surface area contributed by atoms with Gasteiger partial charge in [0, 0.05) is 28.7 Å². The largest absolute Gasteiger partial charge is 0.508 e. The Morgan fingerprint density at radius 2 is 1.04 bits per heavy atom. The van der Waals surface area contributed by atoms with Gasteiger partial charge in [-0.25, -0.2) is 0 Å². The zero-order valence-corrected chi connectivity index (χ0v) is 15.0. The van der Waals surface area contributed by atoms with Gasteiger partial charge in [0.1, 0.15) is 23.0 Å². The first-order chi connectivity index (χ1) is 12.2. The Balaban J connectivity index is 2.40. The monoisotopic (exact) mass is 350 g/mol. The van der Waals surface area contributed by atoms with E-state index >= 15 is 0 Å². The molecule has 3 aromatic rings. The third kappa shape index (κ3) is 2.73. The Bertz CT molecular complexity index is 904. The van der Waals surface area contributed by atoms with E-state index in [1.807, 2.05) is 37.3 Å². The van der Waals surface area contributed by atoms with E-state index in [-0.39, 0.29) is 23.0 Å². The van der Waals surface area contributed by atoms with Crippen molar-refractivity contribution in [2.24, 2.45) is 0 Å². The molecule has 0 aromatic heterocycles. The van der Waals surface area contributed by atoms with Crippen LogP contribution in [0.4, 0.5) is 0 Å². The molecule has 0 radical (unpaired) electrons. The van der Waals surface area contributed by atoms with Crippen molar-refractivity contribution in [3.8, 4) is 23.0 Å². The summed E-state index contributed by atoms with van der Waals surface area (Å²) in [4.78, 5) is 0. The highest BCUT2D eigenvalue weighted by molar-refractivity contribution is 5.61. The number of aryl methyl sites for hydroxylation is 2. The van der Waals surface area contributed by atoms with E-state index in [0.29, 0.717) is 22.3 Å². The van der Waals surface area contributed by atoms with Gasteiger partial charge >= 0.3 is 0 Å². The van der Waals surface area contributed by atoms with E-state index < -0.39 is 5.41 Å². The fourth-order valence-corrected chi connectivity index (χ4v) is 3.40. The predicted octanol–water partition coefficient (Wildman–Crippen LogP) is 4.48. The van der Waals surface area contributed by atoms with Gasteiger partial charge in [-0.1, -0.05) is 30.3 Å². The molecule has 0 aliphatic heterocycles. The standard InChI is InChI=1S/C22H22O4/c1-13-9-16(20(25)11-18(13)23)22(3,15-7-5-4-6-8-15)17-10-14(2)19(24)12-21(17)26/h4-12,23-26H,1-3H3. The summed E-state index contributed by atoms with van der Waals surface area (Å²) < 4.78 is 0. The Morgan fingerprint density at radius 1 is 0.615 bits per heavy atom. The van der Waals surface area contributed by atoms with Gasteiger partial charge in [-0.05, 0) is 49.6 Å². The fraction of sp³-hybridized carbons (Fsp3) is 0.182. The first-order valence-corrected chi connectivity index (χ1v) is 8.36. The minimum absolute atomic E-state index is 0.00719. The van der Waals surface area contributed by atoms with Crippen molar-refractivity contribution in [3.63, 3.8) is 0 Å². The number of phenolic OH excluding ortho intramolecular Hbond substituents is 4. The molecule has 4 heteroatoms. The Morgan fingerprint density at radius 3 is 1.46 bits per heavy atom. The highest BCUT2D eigenvalue weighted by Crippen LogP contribution is 2.48. The van der Waals surface area contributed by atoms with E-state index in [1.165, 1.54) is 12.1 Å². The summed E-state index contributed by atoms with van der Waals surface area (Å²) in [5.41, 5.74) is 2.32. The summed E-state index contributed by atoms with van der Waals surface area (Å²) in [7, 11) is 0. The molecule has 0 atom stereocenters. The fourth-order valence-electron chi connectivity index (χ4n) is 3.40. The highest BCUT2D eigenvalue weighted by Gasteiger charge is 2.36. The number of phenols is 4. The van der Waals surface area contributed by atoms with Crippen molar-refractivity contribution < 1.29 is 20.4 Å². The summed E-state index contributed by atoms with van der Waals surface area (Å²) in [6.45, 7) is 5.41.